The zero-order valence-corrected chi connectivity index (χ0v) is 12.6. The minimum atomic E-state index is -0.466. The molecule has 2 heterocycles. The summed E-state index contributed by atoms with van der Waals surface area (Å²) in [6.45, 7) is 8.83. The Balaban J connectivity index is 2.20. The Morgan fingerprint density at radius 2 is 2.21 bits per heavy atom. The zero-order valence-electron chi connectivity index (χ0n) is 12.6. The smallest absolute Gasteiger partial charge is 0.328 e. The van der Waals surface area contributed by atoms with Gasteiger partial charge in [0.2, 0.25) is 0 Å². The molecule has 19 heavy (non-hydrogen) atoms. The minimum Gasteiger partial charge on any atom is -0.465 e. The Kier molecular flexibility index (Phi) is 4.85. The molecule has 4 heteroatoms. The van der Waals surface area contributed by atoms with Crippen LogP contribution in [0, 0.1) is 0 Å². The number of nitrogens with zero attached hydrogens (tertiary/aromatic N) is 1. The number of nitrogens with one attached hydrogen (secondary N) is 1. The lowest BCUT2D eigenvalue weighted by atomic mass is 9.84. The first-order chi connectivity index (χ1) is 9.14. The molecule has 3 unspecified atom stereocenters. The Hall–Kier alpha value is -0.610. The van der Waals surface area contributed by atoms with Crippen LogP contribution in [0.1, 0.15) is 52.9 Å². The maximum Gasteiger partial charge on any atom is 0.328 e. The van der Waals surface area contributed by atoms with E-state index in [2.05, 4.69) is 24.1 Å². The second-order valence-electron chi connectivity index (χ2n) is 5.94. The van der Waals surface area contributed by atoms with Gasteiger partial charge in [0.15, 0.2) is 0 Å². The van der Waals surface area contributed by atoms with Crippen molar-refractivity contribution in [3.63, 3.8) is 0 Å². The van der Waals surface area contributed by atoms with Gasteiger partial charge < -0.3 is 4.74 Å². The highest BCUT2D eigenvalue weighted by Gasteiger charge is 2.54. The summed E-state index contributed by atoms with van der Waals surface area (Å²) in [5.74, 6) is -0.0373. The van der Waals surface area contributed by atoms with E-state index in [1.54, 1.807) is 0 Å². The molecule has 0 amide bonds. The summed E-state index contributed by atoms with van der Waals surface area (Å²) in [5, 5.41) is 3.61. The molecule has 0 bridgehead atoms. The van der Waals surface area contributed by atoms with Crippen molar-refractivity contribution in [3.8, 4) is 0 Å². The monoisotopic (exact) mass is 268 g/mol. The lowest BCUT2D eigenvalue weighted by molar-refractivity contribution is -0.153. The highest BCUT2D eigenvalue weighted by atomic mass is 16.5. The van der Waals surface area contributed by atoms with Crippen molar-refractivity contribution in [2.24, 2.45) is 0 Å². The first-order valence-corrected chi connectivity index (χ1v) is 7.83. The van der Waals surface area contributed by atoms with Crippen LogP contribution in [0.2, 0.25) is 0 Å². The van der Waals surface area contributed by atoms with E-state index >= 15 is 0 Å². The Bertz CT molecular complexity index is 321. The van der Waals surface area contributed by atoms with Crippen LogP contribution in [-0.4, -0.2) is 48.2 Å². The zero-order chi connectivity index (χ0) is 13.9. The number of rotatable bonds is 5. The molecular formula is C15H28N2O2. The number of carbonyl (C=O) groups excluding carboxylic acids is 1. The largest absolute Gasteiger partial charge is 0.465 e. The number of esters is 1. The summed E-state index contributed by atoms with van der Waals surface area (Å²) < 4.78 is 5.40. The molecule has 2 saturated heterocycles. The van der Waals surface area contributed by atoms with Crippen molar-refractivity contribution in [2.75, 3.05) is 19.7 Å². The van der Waals surface area contributed by atoms with Crippen LogP contribution in [0.4, 0.5) is 0 Å². The van der Waals surface area contributed by atoms with E-state index in [4.69, 9.17) is 4.74 Å². The average molecular weight is 268 g/mol. The molecule has 2 rings (SSSR count). The number of ether oxygens (including phenoxy) is 1. The van der Waals surface area contributed by atoms with Gasteiger partial charge >= 0.3 is 5.97 Å². The first kappa shape index (κ1) is 14.8. The summed E-state index contributed by atoms with van der Waals surface area (Å²) in [6, 6.07) is 0.681. The maximum absolute atomic E-state index is 12.6. The van der Waals surface area contributed by atoms with Crippen molar-refractivity contribution in [1.29, 1.82) is 0 Å². The molecule has 2 fully saturated rings. The molecular weight excluding hydrogens is 240 g/mol. The van der Waals surface area contributed by atoms with Gasteiger partial charge in [0.25, 0.3) is 0 Å². The van der Waals surface area contributed by atoms with E-state index in [0.717, 1.165) is 32.4 Å². The number of piperidine rings is 1. The third-order valence-corrected chi connectivity index (χ3v) is 4.73. The van der Waals surface area contributed by atoms with E-state index < -0.39 is 5.54 Å². The molecule has 1 N–H and O–H groups in total. The van der Waals surface area contributed by atoms with Gasteiger partial charge in [-0.05, 0) is 46.1 Å². The molecule has 0 spiro atoms. The SMILES string of the molecule is CCOC(=O)C1(NC(C)CC)CCN2CCCCC21. The van der Waals surface area contributed by atoms with Crippen molar-refractivity contribution >= 4 is 5.97 Å². The van der Waals surface area contributed by atoms with Gasteiger partial charge in [-0.1, -0.05) is 13.3 Å². The number of hydrogen-bond acceptors (Lipinski definition) is 4. The average Bonchev–Trinajstić information content (AvgIpc) is 2.79. The molecule has 2 aliphatic rings. The molecule has 2 aliphatic heterocycles. The fraction of sp³-hybridized carbons (Fsp3) is 0.933. The van der Waals surface area contributed by atoms with E-state index in [9.17, 15) is 4.79 Å². The van der Waals surface area contributed by atoms with Crippen LogP contribution in [0.25, 0.3) is 0 Å². The topological polar surface area (TPSA) is 41.6 Å². The fourth-order valence-corrected chi connectivity index (χ4v) is 3.57. The standard InChI is InChI=1S/C15H28N2O2/c1-4-12(3)16-15(14(18)19-5-2)9-11-17-10-7-6-8-13(15)17/h12-13,16H,4-11H2,1-3H3. The van der Waals surface area contributed by atoms with Gasteiger partial charge in [0.1, 0.15) is 5.54 Å². The minimum absolute atomic E-state index is 0.0373. The number of carbonyl (C=O) groups is 1. The van der Waals surface area contributed by atoms with Crippen molar-refractivity contribution in [3.05, 3.63) is 0 Å². The third-order valence-electron chi connectivity index (χ3n) is 4.73. The Morgan fingerprint density at radius 1 is 1.42 bits per heavy atom. The molecule has 0 aromatic heterocycles. The fourth-order valence-electron chi connectivity index (χ4n) is 3.57. The molecule has 0 radical (unpaired) electrons. The summed E-state index contributed by atoms with van der Waals surface area (Å²) in [5.41, 5.74) is -0.466. The van der Waals surface area contributed by atoms with Gasteiger partial charge in [0.05, 0.1) is 6.61 Å². The van der Waals surface area contributed by atoms with Crippen molar-refractivity contribution in [1.82, 2.24) is 10.2 Å². The molecule has 110 valence electrons. The summed E-state index contributed by atoms with van der Waals surface area (Å²) in [4.78, 5) is 15.0. The third kappa shape index (κ3) is 2.79. The lowest BCUT2D eigenvalue weighted by Crippen LogP contribution is -2.63. The normalized spacial score (nSPS) is 32.9. The van der Waals surface area contributed by atoms with Crippen LogP contribution in [0.15, 0.2) is 0 Å². The molecule has 4 nitrogen and oxygen atoms in total. The van der Waals surface area contributed by atoms with Gasteiger partial charge in [-0.2, -0.15) is 0 Å². The van der Waals surface area contributed by atoms with Crippen LogP contribution < -0.4 is 5.32 Å². The molecule has 0 aromatic carbocycles. The number of hydrogen-bond donors (Lipinski definition) is 1. The lowest BCUT2D eigenvalue weighted by Gasteiger charge is -2.41. The van der Waals surface area contributed by atoms with Gasteiger partial charge in [0, 0.05) is 18.6 Å². The highest BCUT2D eigenvalue weighted by molar-refractivity contribution is 5.82. The van der Waals surface area contributed by atoms with Crippen molar-refractivity contribution in [2.45, 2.75) is 70.5 Å². The van der Waals surface area contributed by atoms with Gasteiger partial charge in [-0.25, -0.2) is 4.79 Å². The first-order valence-electron chi connectivity index (χ1n) is 7.83. The number of fused-ring (bicyclic) bond motifs is 1. The second kappa shape index (κ2) is 6.23. The summed E-state index contributed by atoms with van der Waals surface area (Å²) in [7, 11) is 0. The highest BCUT2D eigenvalue weighted by Crippen LogP contribution is 2.36. The van der Waals surface area contributed by atoms with Crippen molar-refractivity contribution < 1.29 is 9.53 Å². The second-order valence-corrected chi connectivity index (χ2v) is 5.94. The summed E-state index contributed by atoms with van der Waals surface area (Å²) >= 11 is 0. The van der Waals surface area contributed by atoms with Crippen LogP contribution in [0.3, 0.4) is 0 Å². The predicted octanol–water partition coefficient (Wildman–Crippen LogP) is 1.93. The van der Waals surface area contributed by atoms with Crippen LogP contribution >= 0.6 is 0 Å². The molecule has 0 aliphatic carbocycles. The quantitative estimate of drug-likeness (QED) is 0.774. The Labute approximate surface area is 116 Å². The molecule has 0 saturated carbocycles. The van der Waals surface area contributed by atoms with Crippen LogP contribution in [-0.2, 0) is 9.53 Å². The van der Waals surface area contributed by atoms with E-state index in [1.165, 1.54) is 12.8 Å². The van der Waals surface area contributed by atoms with E-state index in [-0.39, 0.29) is 5.97 Å². The Morgan fingerprint density at radius 3 is 2.89 bits per heavy atom. The van der Waals surface area contributed by atoms with Gasteiger partial charge in [-0.15, -0.1) is 0 Å². The maximum atomic E-state index is 12.6. The van der Waals surface area contributed by atoms with Crippen LogP contribution in [0.5, 0.6) is 0 Å². The predicted molar refractivity (Wildman–Crippen MR) is 76.1 cm³/mol. The summed E-state index contributed by atoms with van der Waals surface area (Å²) in [6.07, 6.45) is 5.53. The van der Waals surface area contributed by atoms with E-state index in [1.807, 2.05) is 6.92 Å². The molecule has 0 aromatic rings. The van der Waals surface area contributed by atoms with Gasteiger partial charge in [-0.3, -0.25) is 10.2 Å². The molecule has 3 atom stereocenters. The van der Waals surface area contributed by atoms with E-state index in [0.29, 0.717) is 18.7 Å².